The van der Waals surface area contributed by atoms with E-state index in [1.807, 2.05) is 20.9 Å². The Kier molecular flexibility index (Phi) is 13.9. The van der Waals surface area contributed by atoms with Crippen molar-refractivity contribution < 1.29 is 18.0 Å². The fourth-order valence-corrected chi connectivity index (χ4v) is 4.24. The fraction of sp³-hybridized carbons (Fsp3) is 0.324. The third-order valence-electron chi connectivity index (χ3n) is 6.61. The van der Waals surface area contributed by atoms with E-state index in [-0.39, 0.29) is 5.70 Å². The van der Waals surface area contributed by atoms with Gasteiger partial charge in [-0.2, -0.15) is 13.2 Å². The lowest BCUT2D eigenvalue weighted by atomic mass is 9.86. The second-order valence-electron chi connectivity index (χ2n) is 9.63. The molecule has 0 bridgehead atoms. The summed E-state index contributed by atoms with van der Waals surface area (Å²) >= 11 is 0. The Morgan fingerprint density at radius 3 is 2.20 bits per heavy atom. The molecule has 1 atom stereocenters. The third kappa shape index (κ3) is 11.7. The number of nitrogens with two attached hydrogens (primary N) is 1. The molecule has 4 nitrogen and oxygen atoms in total. The van der Waals surface area contributed by atoms with Gasteiger partial charge in [0.05, 0.1) is 11.3 Å². The minimum atomic E-state index is -4.56. The number of nitrogens with one attached hydrogen (secondary N) is 2. The quantitative estimate of drug-likeness (QED) is 0.123. The SMILES string of the molecule is C=C(/C=C(/C=O)Nc1cccc(CN)c1)C(F)(F)F.CC.CNc1cccc(C(CCC2CC2)c2ccccc2)c1. The van der Waals surface area contributed by atoms with Crippen LogP contribution in [0.3, 0.4) is 0 Å². The first kappa shape index (κ1) is 33.4. The van der Waals surface area contributed by atoms with Crippen molar-refractivity contribution in [3.8, 4) is 0 Å². The van der Waals surface area contributed by atoms with Crippen LogP contribution in [0.2, 0.25) is 0 Å². The van der Waals surface area contributed by atoms with Crippen molar-refractivity contribution in [1.82, 2.24) is 0 Å². The van der Waals surface area contributed by atoms with E-state index >= 15 is 0 Å². The minimum Gasteiger partial charge on any atom is -0.388 e. The van der Waals surface area contributed by atoms with Crippen LogP contribution in [0, 0.1) is 5.92 Å². The van der Waals surface area contributed by atoms with E-state index in [0.29, 0.717) is 30.5 Å². The molecule has 3 aromatic rings. The second kappa shape index (κ2) is 17.1. The van der Waals surface area contributed by atoms with Crippen LogP contribution < -0.4 is 16.4 Å². The molecule has 4 N–H and O–H groups in total. The molecular weight excluding hydrogens is 523 g/mol. The lowest BCUT2D eigenvalue weighted by Gasteiger charge is -2.19. The van der Waals surface area contributed by atoms with Gasteiger partial charge in [0.25, 0.3) is 0 Å². The first-order chi connectivity index (χ1) is 19.7. The van der Waals surface area contributed by atoms with Gasteiger partial charge in [-0.05, 0) is 65.8 Å². The first-order valence-corrected chi connectivity index (χ1v) is 14.0. The number of aldehydes is 1. The normalized spacial score (nSPS) is 13.5. The highest BCUT2D eigenvalue weighted by Crippen LogP contribution is 2.39. The first-order valence-electron chi connectivity index (χ1n) is 14.0. The van der Waals surface area contributed by atoms with Crippen LogP contribution in [0.1, 0.15) is 62.1 Å². The summed E-state index contributed by atoms with van der Waals surface area (Å²) < 4.78 is 36.9. The van der Waals surface area contributed by atoms with Gasteiger partial charge in [-0.1, -0.05) is 87.9 Å². The van der Waals surface area contributed by atoms with Gasteiger partial charge in [0.1, 0.15) is 0 Å². The molecule has 0 saturated heterocycles. The summed E-state index contributed by atoms with van der Waals surface area (Å²) in [6.45, 7) is 7.17. The maximum absolute atomic E-state index is 12.3. The molecule has 0 radical (unpaired) electrons. The van der Waals surface area contributed by atoms with E-state index in [4.69, 9.17) is 5.73 Å². The van der Waals surface area contributed by atoms with Crippen molar-refractivity contribution in [3.05, 3.63) is 119 Å². The average Bonchev–Trinajstić information content (AvgIpc) is 3.83. The van der Waals surface area contributed by atoms with Gasteiger partial charge >= 0.3 is 6.18 Å². The molecule has 1 unspecified atom stereocenters. The summed E-state index contributed by atoms with van der Waals surface area (Å²) in [5.74, 6) is 1.53. The topological polar surface area (TPSA) is 67.2 Å². The van der Waals surface area contributed by atoms with E-state index in [1.54, 1.807) is 24.3 Å². The molecule has 0 aromatic heterocycles. The Morgan fingerprint density at radius 2 is 1.61 bits per heavy atom. The average molecular weight is 566 g/mol. The van der Waals surface area contributed by atoms with Gasteiger partial charge in [-0.15, -0.1) is 0 Å². The minimum absolute atomic E-state index is 0.225. The van der Waals surface area contributed by atoms with E-state index in [2.05, 4.69) is 71.8 Å². The summed E-state index contributed by atoms with van der Waals surface area (Å²) in [6.07, 6.45) is 1.91. The van der Waals surface area contributed by atoms with Gasteiger partial charge in [0.2, 0.25) is 0 Å². The highest BCUT2D eigenvalue weighted by atomic mass is 19.4. The van der Waals surface area contributed by atoms with Crippen LogP contribution in [-0.4, -0.2) is 19.5 Å². The summed E-state index contributed by atoms with van der Waals surface area (Å²) in [5.41, 5.74) is 9.48. The second-order valence-corrected chi connectivity index (χ2v) is 9.63. The zero-order valence-corrected chi connectivity index (χ0v) is 24.2. The van der Waals surface area contributed by atoms with Crippen molar-refractivity contribution in [3.63, 3.8) is 0 Å². The largest absolute Gasteiger partial charge is 0.415 e. The number of anilines is 2. The molecule has 41 heavy (non-hydrogen) atoms. The molecule has 7 heteroatoms. The number of alkyl halides is 3. The Bertz CT molecular complexity index is 1250. The summed E-state index contributed by atoms with van der Waals surface area (Å²) in [5, 5.41) is 5.83. The number of hydrogen-bond donors (Lipinski definition) is 3. The van der Waals surface area contributed by atoms with Crippen LogP contribution in [0.4, 0.5) is 24.5 Å². The Balaban J connectivity index is 0.000000271. The Hall–Kier alpha value is -3.84. The molecule has 1 saturated carbocycles. The predicted molar refractivity (Wildman–Crippen MR) is 165 cm³/mol. The van der Waals surface area contributed by atoms with Crippen LogP contribution in [0.5, 0.6) is 0 Å². The van der Waals surface area contributed by atoms with Crippen LogP contribution in [0.15, 0.2) is 103 Å². The molecule has 0 spiro atoms. The van der Waals surface area contributed by atoms with Crippen molar-refractivity contribution in [2.45, 2.75) is 58.2 Å². The fourth-order valence-electron chi connectivity index (χ4n) is 4.24. The van der Waals surface area contributed by atoms with Crippen molar-refractivity contribution in [1.29, 1.82) is 0 Å². The van der Waals surface area contributed by atoms with Crippen molar-refractivity contribution in [2.24, 2.45) is 11.7 Å². The molecule has 3 aromatic carbocycles. The molecule has 1 fully saturated rings. The molecule has 1 aliphatic rings. The highest BCUT2D eigenvalue weighted by Gasteiger charge is 2.30. The highest BCUT2D eigenvalue weighted by molar-refractivity contribution is 5.79. The summed E-state index contributed by atoms with van der Waals surface area (Å²) in [7, 11) is 1.99. The molecular formula is C34H42F3N3O. The number of carbonyl (C=O) groups excluding carboxylic acids is 1. The van der Waals surface area contributed by atoms with Crippen LogP contribution >= 0.6 is 0 Å². The lowest BCUT2D eigenvalue weighted by Crippen LogP contribution is -2.11. The Morgan fingerprint density at radius 1 is 0.976 bits per heavy atom. The number of halogens is 3. The molecule has 220 valence electrons. The van der Waals surface area contributed by atoms with Gasteiger partial charge in [-0.25, -0.2) is 0 Å². The zero-order valence-electron chi connectivity index (χ0n) is 24.2. The molecule has 4 rings (SSSR count). The van der Waals surface area contributed by atoms with E-state index < -0.39 is 11.7 Å². The van der Waals surface area contributed by atoms with E-state index in [1.165, 1.54) is 42.5 Å². The van der Waals surface area contributed by atoms with Crippen LogP contribution in [0.25, 0.3) is 0 Å². The summed E-state index contributed by atoms with van der Waals surface area (Å²) in [4.78, 5) is 10.8. The van der Waals surface area contributed by atoms with Gasteiger partial charge in [-0.3, -0.25) is 4.79 Å². The maximum Gasteiger partial charge on any atom is 0.415 e. The van der Waals surface area contributed by atoms with Crippen molar-refractivity contribution in [2.75, 3.05) is 17.7 Å². The number of carbonyl (C=O) groups is 1. The monoisotopic (exact) mass is 565 g/mol. The molecule has 1 aliphatic carbocycles. The summed E-state index contributed by atoms with van der Waals surface area (Å²) in [6, 6.07) is 26.5. The van der Waals surface area contributed by atoms with Gasteiger partial charge < -0.3 is 16.4 Å². The standard InChI is InChI=1S/C19H23N.C13H13F3N2O.C2H6/c1-20-18-9-5-8-17(14-18)19(13-12-15-10-11-15)16-6-3-2-4-7-16;1-9(13(14,15)16)5-12(8-19)18-11-4-2-3-10(6-11)7-17;1-2/h2-9,14-15,19-20H,10-13H2,1H3;2-6,8,18H,1,7,17H2;1-2H3/b;12-5-;. The van der Waals surface area contributed by atoms with Crippen molar-refractivity contribution >= 4 is 17.7 Å². The molecule has 0 amide bonds. The number of rotatable bonds is 11. The number of benzene rings is 3. The zero-order chi connectivity index (χ0) is 30.3. The maximum atomic E-state index is 12.3. The van der Waals surface area contributed by atoms with Gasteiger partial charge in [0, 0.05) is 30.9 Å². The smallest absolute Gasteiger partial charge is 0.388 e. The number of allylic oxidation sites excluding steroid dienone is 3. The number of hydrogen-bond acceptors (Lipinski definition) is 4. The predicted octanol–water partition coefficient (Wildman–Crippen LogP) is 8.84. The lowest BCUT2D eigenvalue weighted by molar-refractivity contribution is -0.104. The van der Waals surface area contributed by atoms with Gasteiger partial charge in [0.15, 0.2) is 6.29 Å². The van der Waals surface area contributed by atoms with E-state index in [9.17, 15) is 18.0 Å². The molecule has 0 heterocycles. The molecule has 0 aliphatic heterocycles. The van der Waals surface area contributed by atoms with Crippen LogP contribution in [-0.2, 0) is 11.3 Å². The third-order valence-corrected chi connectivity index (χ3v) is 6.61. The van der Waals surface area contributed by atoms with E-state index in [0.717, 1.165) is 11.5 Å². The Labute approximate surface area is 242 Å².